The van der Waals surface area contributed by atoms with Gasteiger partial charge in [-0.15, -0.1) is 0 Å². The van der Waals surface area contributed by atoms with Crippen molar-refractivity contribution in [2.24, 2.45) is 0 Å². The van der Waals surface area contributed by atoms with Gasteiger partial charge in [0.05, 0.1) is 24.2 Å². The Kier molecular flexibility index (Phi) is 4.37. The molecule has 1 unspecified atom stereocenters. The van der Waals surface area contributed by atoms with E-state index in [9.17, 15) is 8.76 Å². The molecule has 0 saturated carbocycles. The van der Waals surface area contributed by atoms with E-state index in [0.29, 0.717) is 11.4 Å². The molecule has 0 aromatic heterocycles. The van der Waals surface area contributed by atoms with E-state index in [1.165, 1.54) is 7.11 Å². The Morgan fingerprint density at radius 3 is 2.86 bits per heavy atom. The minimum Gasteiger partial charge on any atom is -0.750 e. The number of methoxy groups -OCH3 is 1. The molecule has 1 aromatic carbocycles. The van der Waals surface area contributed by atoms with E-state index in [0.717, 1.165) is 0 Å². The third-order valence-electron chi connectivity index (χ3n) is 1.52. The standard InChI is InChI=1S/C8H11NO4S/c1-12-8-5-3-2-4-7(8)9-6-13-14(10)11/h2-5,9H,6H2,1H3,(H,10,11)/p-1. The van der Waals surface area contributed by atoms with Crippen molar-refractivity contribution in [3.8, 4) is 5.75 Å². The lowest BCUT2D eigenvalue weighted by molar-refractivity contribution is 0.321. The molecule has 5 nitrogen and oxygen atoms in total. The van der Waals surface area contributed by atoms with Crippen molar-refractivity contribution in [2.75, 3.05) is 19.2 Å². The molecule has 1 atom stereocenters. The van der Waals surface area contributed by atoms with Gasteiger partial charge in [0, 0.05) is 0 Å². The van der Waals surface area contributed by atoms with Crippen molar-refractivity contribution in [3.63, 3.8) is 0 Å². The third kappa shape index (κ3) is 3.33. The lowest BCUT2D eigenvalue weighted by Crippen LogP contribution is -2.08. The molecule has 78 valence electrons. The summed E-state index contributed by atoms with van der Waals surface area (Å²) in [6, 6.07) is 7.14. The summed E-state index contributed by atoms with van der Waals surface area (Å²) in [7, 11) is 1.53. The average Bonchev–Trinajstić information content (AvgIpc) is 2.18. The number of benzene rings is 1. The van der Waals surface area contributed by atoms with Crippen LogP contribution in [0.4, 0.5) is 5.69 Å². The molecule has 1 aromatic rings. The predicted octanol–water partition coefficient (Wildman–Crippen LogP) is 0.875. The highest BCUT2D eigenvalue weighted by Crippen LogP contribution is 2.22. The van der Waals surface area contributed by atoms with Crippen molar-refractivity contribution >= 4 is 17.0 Å². The Hall–Kier alpha value is -1.11. The van der Waals surface area contributed by atoms with Crippen LogP contribution in [-0.2, 0) is 15.5 Å². The Morgan fingerprint density at radius 1 is 1.50 bits per heavy atom. The molecule has 0 radical (unpaired) electrons. The number of hydrogen-bond acceptors (Lipinski definition) is 5. The Labute approximate surface area is 84.5 Å². The summed E-state index contributed by atoms with van der Waals surface area (Å²) in [5.74, 6) is 0.632. The first kappa shape index (κ1) is 11.0. The number of nitrogens with one attached hydrogen (secondary N) is 1. The smallest absolute Gasteiger partial charge is 0.142 e. The maximum absolute atomic E-state index is 10.1. The van der Waals surface area contributed by atoms with Gasteiger partial charge in [0.1, 0.15) is 12.5 Å². The summed E-state index contributed by atoms with van der Waals surface area (Å²) < 4.78 is 29.4. The monoisotopic (exact) mass is 216 g/mol. The van der Waals surface area contributed by atoms with Crippen LogP contribution in [0.1, 0.15) is 0 Å². The second kappa shape index (κ2) is 5.58. The quantitative estimate of drug-likeness (QED) is 0.584. The molecule has 1 rings (SSSR count). The molecule has 6 heteroatoms. The van der Waals surface area contributed by atoms with Crippen LogP contribution < -0.4 is 10.1 Å². The molecule has 0 aliphatic heterocycles. The first-order valence-electron chi connectivity index (χ1n) is 3.83. The molecule has 0 fully saturated rings. The second-order valence-corrected chi connectivity index (χ2v) is 2.99. The van der Waals surface area contributed by atoms with Crippen molar-refractivity contribution < 1.29 is 17.7 Å². The summed E-state index contributed by atoms with van der Waals surface area (Å²) in [5.41, 5.74) is 0.681. The highest BCUT2D eigenvalue weighted by atomic mass is 32.2. The van der Waals surface area contributed by atoms with E-state index in [-0.39, 0.29) is 6.73 Å². The number of hydrogen-bond donors (Lipinski definition) is 1. The normalized spacial score (nSPS) is 12.1. The fourth-order valence-corrected chi connectivity index (χ4v) is 1.10. The van der Waals surface area contributed by atoms with Crippen molar-refractivity contribution in [3.05, 3.63) is 24.3 Å². The fourth-order valence-electron chi connectivity index (χ4n) is 0.946. The maximum atomic E-state index is 10.1. The average molecular weight is 216 g/mol. The van der Waals surface area contributed by atoms with Gasteiger partial charge in [-0.1, -0.05) is 12.1 Å². The zero-order valence-corrected chi connectivity index (χ0v) is 8.37. The van der Waals surface area contributed by atoms with E-state index in [2.05, 4.69) is 9.50 Å². The topological polar surface area (TPSA) is 70.6 Å². The van der Waals surface area contributed by atoms with E-state index >= 15 is 0 Å². The van der Waals surface area contributed by atoms with Crippen LogP contribution in [0.3, 0.4) is 0 Å². The molecule has 14 heavy (non-hydrogen) atoms. The van der Waals surface area contributed by atoms with E-state index in [4.69, 9.17) is 4.74 Å². The molecule has 0 aliphatic rings. The van der Waals surface area contributed by atoms with Crippen LogP contribution in [0, 0.1) is 0 Å². The first-order chi connectivity index (χ1) is 6.74. The fraction of sp³-hybridized carbons (Fsp3) is 0.250. The lowest BCUT2D eigenvalue weighted by Gasteiger charge is -2.11. The molecule has 0 heterocycles. The predicted molar refractivity (Wildman–Crippen MR) is 51.5 cm³/mol. The van der Waals surface area contributed by atoms with Crippen LogP contribution in [0.25, 0.3) is 0 Å². The van der Waals surface area contributed by atoms with E-state index < -0.39 is 11.4 Å². The Bertz CT molecular complexity index is 318. The Morgan fingerprint density at radius 2 is 2.21 bits per heavy atom. The van der Waals surface area contributed by atoms with Crippen molar-refractivity contribution in [1.29, 1.82) is 0 Å². The number of anilines is 1. The highest BCUT2D eigenvalue weighted by Gasteiger charge is 1.99. The first-order valence-corrected chi connectivity index (χ1v) is 4.83. The maximum Gasteiger partial charge on any atom is 0.142 e. The number of para-hydroxylation sites is 2. The Balaban J connectivity index is 2.53. The van der Waals surface area contributed by atoms with Gasteiger partial charge < -0.3 is 14.6 Å². The van der Waals surface area contributed by atoms with Crippen LogP contribution in [0.5, 0.6) is 5.75 Å². The van der Waals surface area contributed by atoms with Crippen molar-refractivity contribution in [2.45, 2.75) is 0 Å². The summed E-state index contributed by atoms with van der Waals surface area (Å²) >= 11 is -2.50. The summed E-state index contributed by atoms with van der Waals surface area (Å²) in [5, 5.41) is 2.76. The number of rotatable bonds is 5. The molecular weight excluding hydrogens is 206 g/mol. The van der Waals surface area contributed by atoms with Gasteiger partial charge in [0.25, 0.3) is 0 Å². The molecule has 0 aliphatic carbocycles. The zero-order valence-electron chi connectivity index (χ0n) is 7.56. The summed E-state index contributed by atoms with van der Waals surface area (Å²) in [6.07, 6.45) is 0. The van der Waals surface area contributed by atoms with Crippen molar-refractivity contribution in [1.82, 2.24) is 0 Å². The molecule has 0 saturated heterocycles. The zero-order chi connectivity index (χ0) is 10.4. The van der Waals surface area contributed by atoms with Crippen LogP contribution in [0.2, 0.25) is 0 Å². The van der Waals surface area contributed by atoms with Crippen LogP contribution in [0.15, 0.2) is 24.3 Å². The minimum atomic E-state index is -2.50. The largest absolute Gasteiger partial charge is 0.750 e. The van der Waals surface area contributed by atoms with Gasteiger partial charge in [-0.05, 0) is 12.1 Å². The van der Waals surface area contributed by atoms with Gasteiger partial charge in [-0.25, -0.2) is 4.21 Å². The highest BCUT2D eigenvalue weighted by molar-refractivity contribution is 7.74. The number of ether oxygens (including phenoxy) is 1. The van der Waals surface area contributed by atoms with E-state index in [1.54, 1.807) is 18.2 Å². The van der Waals surface area contributed by atoms with Gasteiger partial charge in [-0.3, -0.25) is 4.18 Å². The summed E-state index contributed by atoms with van der Waals surface area (Å²) in [6.45, 7) is -0.115. The lowest BCUT2D eigenvalue weighted by atomic mass is 10.3. The van der Waals surface area contributed by atoms with Crippen LogP contribution >= 0.6 is 0 Å². The van der Waals surface area contributed by atoms with Gasteiger partial charge in [-0.2, -0.15) is 0 Å². The molecule has 0 spiro atoms. The second-order valence-electron chi connectivity index (χ2n) is 2.34. The van der Waals surface area contributed by atoms with Gasteiger partial charge in [0.2, 0.25) is 0 Å². The van der Waals surface area contributed by atoms with Crippen LogP contribution in [-0.4, -0.2) is 22.6 Å². The summed E-state index contributed by atoms with van der Waals surface area (Å²) in [4.78, 5) is 0. The van der Waals surface area contributed by atoms with E-state index in [1.807, 2.05) is 6.07 Å². The SMILES string of the molecule is COc1ccccc1NCOS(=O)[O-]. The molecule has 0 bridgehead atoms. The van der Waals surface area contributed by atoms with Gasteiger partial charge in [0.15, 0.2) is 0 Å². The molecular formula is C8H10NO4S-. The molecule has 0 amide bonds. The van der Waals surface area contributed by atoms with Gasteiger partial charge >= 0.3 is 0 Å². The molecule has 1 N–H and O–H groups in total. The third-order valence-corrected chi connectivity index (χ3v) is 1.84. The minimum absolute atomic E-state index is 0.115.